The van der Waals surface area contributed by atoms with Crippen LogP contribution in [0.1, 0.15) is 47.5 Å². The lowest BCUT2D eigenvalue weighted by molar-refractivity contribution is 0.0712. The van der Waals surface area contributed by atoms with Crippen molar-refractivity contribution in [3.8, 4) is 0 Å². The maximum Gasteiger partial charge on any atom is -0.0363 e. The summed E-state index contributed by atoms with van der Waals surface area (Å²) in [4.78, 5) is 0. The summed E-state index contributed by atoms with van der Waals surface area (Å²) in [7, 11) is 0. The van der Waals surface area contributed by atoms with E-state index in [4.69, 9.17) is 0 Å². The maximum absolute atomic E-state index is 2.45. The molecule has 12 heavy (non-hydrogen) atoms. The van der Waals surface area contributed by atoms with E-state index < -0.39 is 0 Å². The van der Waals surface area contributed by atoms with Crippen LogP contribution in [0.25, 0.3) is 0 Å². The Bertz CT molecular complexity index is 139. The summed E-state index contributed by atoms with van der Waals surface area (Å²) in [5, 5.41) is 0. The molecule has 0 bridgehead atoms. The Hall–Kier alpha value is 0. The molecule has 1 aliphatic rings. The Balaban J connectivity index is 2.65. The fourth-order valence-corrected chi connectivity index (χ4v) is 3.18. The SMILES string of the molecule is CCC1C(C)CC(C)C(C)C1C. The quantitative estimate of drug-likeness (QED) is 0.556. The Kier molecular flexibility index (Phi) is 3.20. The van der Waals surface area contributed by atoms with Crippen LogP contribution in [0.15, 0.2) is 0 Å². The van der Waals surface area contributed by atoms with Gasteiger partial charge in [-0.25, -0.2) is 0 Å². The molecule has 1 aliphatic carbocycles. The van der Waals surface area contributed by atoms with E-state index in [1.165, 1.54) is 12.8 Å². The van der Waals surface area contributed by atoms with Crippen LogP contribution in [0.4, 0.5) is 0 Å². The molecule has 5 atom stereocenters. The van der Waals surface area contributed by atoms with Crippen molar-refractivity contribution < 1.29 is 0 Å². The van der Waals surface area contributed by atoms with Gasteiger partial charge in [0.15, 0.2) is 0 Å². The van der Waals surface area contributed by atoms with E-state index in [9.17, 15) is 0 Å². The molecule has 0 aromatic heterocycles. The monoisotopic (exact) mass is 168 g/mol. The smallest absolute Gasteiger partial charge is 0.0363 e. The predicted octanol–water partition coefficient (Wildman–Crippen LogP) is 3.96. The van der Waals surface area contributed by atoms with Gasteiger partial charge in [0.05, 0.1) is 0 Å². The van der Waals surface area contributed by atoms with Crippen molar-refractivity contribution in [1.82, 2.24) is 0 Å². The van der Waals surface area contributed by atoms with Gasteiger partial charge in [0.1, 0.15) is 0 Å². The molecule has 0 aromatic rings. The predicted molar refractivity (Wildman–Crippen MR) is 55.1 cm³/mol. The molecule has 0 nitrogen and oxygen atoms in total. The third kappa shape index (κ3) is 1.67. The van der Waals surface area contributed by atoms with Crippen LogP contribution in [0.2, 0.25) is 0 Å². The van der Waals surface area contributed by atoms with Crippen LogP contribution < -0.4 is 0 Å². The minimum atomic E-state index is 0.936. The molecule has 0 aromatic carbocycles. The average molecular weight is 168 g/mol. The largest absolute Gasteiger partial charge is 0.0651 e. The second kappa shape index (κ2) is 3.81. The highest BCUT2D eigenvalue weighted by Gasteiger charge is 2.34. The highest BCUT2D eigenvalue weighted by atomic mass is 14.4. The van der Waals surface area contributed by atoms with Crippen molar-refractivity contribution in [3.63, 3.8) is 0 Å². The molecule has 0 saturated heterocycles. The highest BCUT2D eigenvalue weighted by molar-refractivity contribution is 4.84. The molecule has 0 N–H and O–H groups in total. The summed E-state index contributed by atoms with van der Waals surface area (Å²) < 4.78 is 0. The van der Waals surface area contributed by atoms with Gasteiger partial charge in [0.2, 0.25) is 0 Å². The first-order valence-electron chi connectivity index (χ1n) is 5.57. The number of hydrogen-bond acceptors (Lipinski definition) is 0. The van der Waals surface area contributed by atoms with Crippen LogP contribution in [0.3, 0.4) is 0 Å². The van der Waals surface area contributed by atoms with Crippen LogP contribution in [-0.2, 0) is 0 Å². The number of rotatable bonds is 1. The molecule has 0 aliphatic heterocycles. The summed E-state index contributed by atoms with van der Waals surface area (Å²) in [5.74, 6) is 4.75. The van der Waals surface area contributed by atoms with Gasteiger partial charge in [-0.1, -0.05) is 41.0 Å². The molecule has 72 valence electrons. The summed E-state index contributed by atoms with van der Waals surface area (Å²) >= 11 is 0. The average Bonchev–Trinajstić information content (AvgIpc) is 2.01. The van der Waals surface area contributed by atoms with Gasteiger partial charge in [0.25, 0.3) is 0 Å². The van der Waals surface area contributed by atoms with Gasteiger partial charge in [0, 0.05) is 0 Å². The van der Waals surface area contributed by atoms with E-state index in [2.05, 4.69) is 34.6 Å². The van der Waals surface area contributed by atoms with Crippen molar-refractivity contribution in [1.29, 1.82) is 0 Å². The number of hydrogen-bond donors (Lipinski definition) is 0. The highest BCUT2D eigenvalue weighted by Crippen LogP contribution is 2.42. The molecule has 0 heterocycles. The van der Waals surface area contributed by atoms with E-state index in [-0.39, 0.29) is 0 Å². The van der Waals surface area contributed by atoms with Crippen LogP contribution in [-0.4, -0.2) is 0 Å². The first-order chi connectivity index (χ1) is 5.57. The zero-order chi connectivity index (χ0) is 9.30. The topological polar surface area (TPSA) is 0 Å². The first kappa shape index (κ1) is 10.1. The van der Waals surface area contributed by atoms with Gasteiger partial charge < -0.3 is 0 Å². The Morgan fingerprint density at radius 2 is 1.50 bits per heavy atom. The van der Waals surface area contributed by atoms with Crippen molar-refractivity contribution in [2.75, 3.05) is 0 Å². The van der Waals surface area contributed by atoms with Crippen molar-refractivity contribution in [3.05, 3.63) is 0 Å². The molecule has 0 spiro atoms. The summed E-state index contributed by atoms with van der Waals surface area (Å²) in [6.07, 6.45) is 2.82. The summed E-state index contributed by atoms with van der Waals surface area (Å²) in [6.45, 7) is 12.1. The maximum atomic E-state index is 2.45. The van der Waals surface area contributed by atoms with Gasteiger partial charge in [-0.15, -0.1) is 0 Å². The van der Waals surface area contributed by atoms with E-state index >= 15 is 0 Å². The standard InChI is InChI=1S/C12H24/c1-6-12-9(3)7-8(2)10(4)11(12)5/h8-12H,6-7H2,1-5H3. The van der Waals surface area contributed by atoms with E-state index in [1.807, 2.05) is 0 Å². The van der Waals surface area contributed by atoms with Crippen molar-refractivity contribution in [2.24, 2.45) is 29.6 Å². The Labute approximate surface area is 77.7 Å². The molecule has 5 unspecified atom stereocenters. The molecule has 0 radical (unpaired) electrons. The Morgan fingerprint density at radius 3 is 2.00 bits per heavy atom. The zero-order valence-corrected chi connectivity index (χ0v) is 9.30. The van der Waals surface area contributed by atoms with E-state index in [0.29, 0.717) is 0 Å². The Morgan fingerprint density at radius 1 is 0.917 bits per heavy atom. The lowest BCUT2D eigenvalue weighted by Gasteiger charge is -2.42. The van der Waals surface area contributed by atoms with E-state index in [0.717, 1.165) is 29.6 Å². The van der Waals surface area contributed by atoms with Gasteiger partial charge in [-0.3, -0.25) is 0 Å². The second-order valence-corrected chi connectivity index (χ2v) is 4.98. The molecule has 1 fully saturated rings. The normalized spacial score (nSPS) is 49.2. The molecule has 0 amide bonds. The fraction of sp³-hybridized carbons (Fsp3) is 1.00. The van der Waals surface area contributed by atoms with Crippen LogP contribution in [0.5, 0.6) is 0 Å². The van der Waals surface area contributed by atoms with Crippen molar-refractivity contribution >= 4 is 0 Å². The molecule has 1 saturated carbocycles. The van der Waals surface area contributed by atoms with Gasteiger partial charge in [-0.05, 0) is 36.0 Å². The molecule has 1 rings (SSSR count). The lowest BCUT2D eigenvalue weighted by atomic mass is 9.63. The van der Waals surface area contributed by atoms with Crippen LogP contribution >= 0.6 is 0 Å². The van der Waals surface area contributed by atoms with Crippen LogP contribution in [0, 0.1) is 29.6 Å². The van der Waals surface area contributed by atoms with Gasteiger partial charge >= 0.3 is 0 Å². The summed E-state index contributed by atoms with van der Waals surface area (Å²) in [5.41, 5.74) is 0. The van der Waals surface area contributed by atoms with E-state index in [1.54, 1.807) is 0 Å². The fourth-order valence-electron chi connectivity index (χ4n) is 3.18. The lowest BCUT2D eigenvalue weighted by Crippen LogP contribution is -2.34. The summed E-state index contributed by atoms with van der Waals surface area (Å²) in [6, 6.07) is 0. The third-order valence-corrected chi connectivity index (χ3v) is 4.35. The second-order valence-electron chi connectivity index (χ2n) is 4.98. The van der Waals surface area contributed by atoms with Gasteiger partial charge in [-0.2, -0.15) is 0 Å². The minimum Gasteiger partial charge on any atom is -0.0651 e. The minimum absolute atomic E-state index is 0.936. The first-order valence-corrected chi connectivity index (χ1v) is 5.57. The molecular formula is C12H24. The van der Waals surface area contributed by atoms with Crippen molar-refractivity contribution in [2.45, 2.75) is 47.5 Å². The third-order valence-electron chi connectivity index (χ3n) is 4.35. The molecular weight excluding hydrogens is 144 g/mol. The zero-order valence-electron chi connectivity index (χ0n) is 9.30. The molecule has 0 heteroatoms.